The molecule has 46 heavy (non-hydrogen) atoms. The molecule has 0 aliphatic rings. The standard InChI is InChI=1S/C37H73O7PS/c1-3-5-7-9-11-13-15-17-19-21-23-25-27-29-36(38)43-32-34(31-35(46)33-45(40,41)42)44-37(39)30-28-26-24-22-20-18-16-14-12-10-8-6-4-2/h34-35,46H,3-33H2,1-2H3,(H2,40,41,42)/t34-,35?/m1/s1. The van der Waals surface area contributed by atoms with Crippen LogP contribution in [0.2, 0.25) is 0 Å². The molecule has 2 N–H and O–H groups in total. The summed E-state index contributed by atoms with van der Waals surface area (Å²) >= 11 is 4.30. The van der Waals surface area contributed by atoms with Gasteiger partial charge in [-0.25, -0.2) is 0 Å². The fourth-order valence-electron chi connectivity index (χ4n) is 5.88. The van der Waals surface area contributed by atoms with Crippen LogP contribution in [0.4, 0.5) is 0 Å². The fourth-order valence-corrected chi connectivity index (χ4v) is 7.45. The quantitative estimate of drug-likeness (QED) is 0.0262. The van der Waals surface area contributed by atoms with Gasteiger partial charge in [-0.05, 0) is 12.8 Å². The second kappa shape index (κ2) is 33.0. The number of carbonyl (C=O) groups excluding carboxylic acids is 2. The average Bonchev–Trinajstić information content (AvgIpc) is 2.99. The lowest BCUT2D eigenvalue weighted by molar-refractivity contribution is -0.159. The minimum absolute atomic E-state index is 0.111. The zero-order valence-corrected chi connectivity index (χ0v) is 31.7. The van der Waals surface area contributed by atoms with Gasteiger partial charge in [-0.15, -0.1) is 0 Å². The number of esters is 2. The average molecular weight is 693 g/mol. The van der Waals surface area contributed by atoms with Crippen molar-refractivity contribution in [3.63, 3.8) is 0 Å². The number of carbonyl (C=O) groups is 2. The maximum Gasteiger partial charge on any atom is 0.326 e. The lowest BCUT2D eigenvalue weighted by Crippen LogP contribution is -2.29. The largest absolute Gasteiger partial charge is 0.462 e. The van der Waals surface area contributed by atoms with Gasteiger partial charge in [-0.1, -0.05) is 168 Å². The van der Waals surface area contributed by atoms with Crippen molar-refractivity contribution in [2.75, 3.05) is 12.8 Å². The maximum atomic E-state index is 12.5. The van der Waals surface area contributed by atoms with E-state index in [1.54, 1.807) is 0 Å². The smallest absolute Gasteiger partial charge is 0.326 e. The van der Waals surface area contributed by atoms with Crippen molar-refractivity contribution in [1.29, 1.82) is 0 Å². The molecule has 0 fully saturated rings. The zero-order chi connectivity index (χ0) is 34.1. The van der Waals surface area contributed by atoms with Crippen LogP contribution in [0.1, 0.15) is 200 Å². The Morgan fingerprint density at radius 3 is 1.24 bits per heavy atom. The van der Waals surface area contributed by atoms with Crippen molar-refractivity contribution in [2.45, 2.75) is 211 Å². The highest BCUT2D eigenvalue weighted by molar-refractivity contribution is 7.81. The van der Waals surface area contributed by atoms with E-state index < -0.39 is 25.1 Å². The normalized spacial score (nSPS) is 13.1. The summed E-state index contributed by atoms with van der Waals surface area (Å²) in [6.07, 6.45) is 31.5. The molecule has 0 saturated carbocycles. The lowest BCUT2D eigenvalue weighted by Gasteiger charge is -2.21. The van der Waals surface area contributed by atoms with E-state index in [0.29, 0.717) is 6.42 Å². The van der Waals surface area contributed by atoms with Gasteiger partial charge in [-0.2, -0.15) is 12.6 Å². The minimum Gasteiger partial charge on any atom is -0.462 e. The van der Waals surface area contributed by atoms with E-state index in [-0.39, 0.29) is 31.4 Å². The van der Waals surface area contributed by atoms with E-state index in [0.717, 1.165) is 38.5 Å². The number of hydrogen-bond donors (Lipinski definition) is 3. The highest BCUT2D eigenvalue weighted by Gasteiger charge is 2.25. The van der Waals surface area contributed by atoms with Gasteiger partial charge in [0.25, 0.3) is 0 Å². The SMILES string of the molecule is CCCCCCCCCCCCCCCC(=O)OC[C@@H](CC(S)CP(=O)(O)O)OC(=O)CCCCCCCCCCCCCCC. The third kappa shape index (κ3) is 34.8. The first-order chi connectivity index (χ1) is 22.2. The van der Waals surface area contributed by atoms with E-state index in [2.05, 4.69) is 26.5 Å². The molecule has 0 amide bonds. The number of unbranched alkanes of at least 4 members (excludes halogenated alkanes) is 24. The third-order valence-corrected chi connectivity index (χ3v) is 10.3. The van der Waals surface area contributed by atoms with Crippen LogP contribution in [0.15, 0.2) is 0 Å². The van der Waals surface area contributed by atoms with E-state index in [4.69, 9.17) is 9.47 Å². The number of rotatable bonds is 35. The monoisotopic (exact) mass is 692 g/mol. The Morgan fingerprint density at radius 2 is 0.891 bits per heavy atom. The molecule has 0 aromatic rings. The van der Waals surface area contributed by atoms with Gasteiger partial charge in [0.2, 0.25) is 0 Å². The van der Waals surface area contributed by atoms with Crippen LogP contribution in [0.3, 0.4) is 0 Å². The second-order valence-electron chi connectivity index (χ2n) is 13.5. The van der Waals surface area contributed by atoms with Gasteiger partial charge in [0.1, 0.15) is 12.7 Å². The number of thiol groups is 1. The molecule has 0 rings (SSSR count). The van der Waals surface area contributed by atoms with Crippen LogP contribution >= 0.6 is 20.2 Å². The van der Waals surface area contributed by atoms with E-state index in [9.17, 15) is 23.9 Å². The minimum atomic E-state index is -4.26. The summed E-state index contributed by atoms with van der Waals surface area (Å²) in [7, 11) is -4.26. The molecule has 2 atom stereocenters. The zero-order valence-electron chi connectivity index (χ0n) is 29.9. The van der Waals surface area contributed by atoms with E-state index in [1.807, 2.05) is 0 Å². The first-order valence-electron chi connectivity index (χ1n) is 19.3. The second-order valence-corrected chi connectivity index (χ2v) is 15.9. The number of ether oxygens (including phenoxy) is 2. The van der Waals surface area contributed by atoms with Crippen LogP contribution < -0.4 is 0 Å². The summed E-state index contributed by atoms with van der Waals surface area (Å²) in [5.74, 6) is -0.691. The van der Waals surface area contributed by atoms with Crippen LogP contribution in [0, 0.1) is 0 Å². The highest BCUT2D eigenvalue weighted by atomic mass is 32.1. The molecular weight excluding hydrogens is 619 g/mol. The Labute approximate surface area is 289 Å². The van der Waals surface area contributed by atoms with Crippen LogP contribution in [0.5, 0.6) is 0 Å². The lowest BCUT2D eigenvalue weighted by atomic mass is 10.0. The molecule has 0 spiro atoms. The third-order valence-electron chi connectivity index (χ3n) is 8.68. The Hall–Kier alpha value is -0.560. The molecule has 0 aromatic heterocycles. The van der Waals surface area contributed by atoms with Crippen molar-refractivity contribution >= 4 is 32.2 Å². The molecular formula is C37H73O7PS. The molecule has 0 aromatic carbocycles. The van der Waals surface area contributed by atoms with Gasteiger partial charge in [-0.3, -0.25) is 14.2 Å². The van der Waals surface area contributed by atoms with Crippen molar-refractivity contribution in [1.82, 2.24) is 0 Å². The van der Waals surface area contributed by atoms with Crippen molar-refractivity contribution in [3.8, 4) is 0 Å². The molecule has 0 bridgehead atoms. The summed E-state index contributed by atoms with van der Waals surface area (Å²) in [4.78, 5) is 43.5. The summed E-state index contributed by atoms with van der Waals surface area (Å²) in [6, 6.07) is 0. The first kappa shape index (κ1) is 45.4. The van der Waals surface area contributed by atoms with Crippen LogP contribution in [-0.4, -0.2) is 45.8 Å². The Balaban J connectivity index is 4.12. The molecule has 0 heterocycles. The van der Waals surface area contributed by atoms with Crippen LogP contribution in [-0.2, 0) is 23.6 Å². The van der Waals surface area contributed by atoms with Crippen molar-refractivity contribution < 1.29 is 33.4 Å². The van der Waals surface area contributed by atoms with E-state index >= 15 is 0 Å². The topological polar surface area (TPSA) is 110 Å². The fraction of sp³-hybridized carbons (Fsp3) is 0.946. The number of hydrogen-bond acceptors (Lipinski definition) is 6. The summed E-state index contributed by atoms with van der Waals surface area (Å²) in [5, 5.41) is -0.672. The van der Waals surface area contributed by atoms with Gasteiger partial charge >= 0.3 is 19.5 Å². The predicted molar refractivity (Wildman–Crippen MR) is 196 cm³/mol. The summed E-state index contributed by atoms with van der Waals surface area (Å²) in [6.45, 7) is 4.39. The molecule has 7 nitrogen and oxygen atoms in total. The summed E-state index contributed by atoms with van der Waals surface area (Å²) in [5.41, 5.74) is 0. The van der Waals surface area contributed by atoms with Gasteiger partial charge < -0.3 is 19.3 Å². The Kier molecular flexibility index (Phi) is 32.6. The highest BCUT2D eigenvalue weighted by Crippen LogP contribution is 2.37. The van der Waals surface area contributed by atoms with Crippen molar-refractivity contribution in [3.05, 3.63) is 0 Å². The first-order valence-corrected chi connectivity index (χ1v) is 21.6. The summed E-state index contributed by atoms with van der Waals surface area (Å²) < 4.78 is 22.4. The molecule has 0 aliphatic carbocycles. The molecule has 1 unspecified atom stereocenters. The molecule has 274 valence electrons. The molecule has 0 aliphatic heterocycles. The van der Waals surface area contributed by atoms with Gasteiger partial charge in [0, 0.05) is 24.5 Å². The molecule has 0 saturated heterocycles. The Bertz CT molecular complexity index is 745. The predicted octanol–water partition coefficient (Wildman–Crippen LogP) is 11.3. The van der Waals surface area contributed by atoms with Gasteiger partial charge in [0.05, 0.1) is 6.16 Å². The molecule has 0 radical (unpaired) electrons. The maximum absolute atomic E-state index is 12.5. The van der Waals surface area contributed by atoms with Gasteiger partial charge in [0.15, 0.2) is 0 Å². The van der Waals surface area contributed by atoms with E-state index in [1.165, 1.54) is 128 Å². The van der Waals surface area contributed by atoms with Crippen molar-refractivity contribution in [2.24, 2.45) is 0 Å². The van der Waals surface area contributed by atoms with Crippen LogP contribution in [0.25, 0.3) is 0 Å². The molecule has 9 heteroatoms. The Morgan fingerprint density at radius 1 is 0.565 bits per heavy atom.